The fourth-order valence-electron chi connectivity index (χ4n) is 7.04. The maximum Gasteiger partial charge on any atom is 0.310 e. The lowest BCUT2D eigenvalue weighted by molar-refractivity contribution is -0.385. The zero-order valence-electron chi connectivity index (χ0n) is 36.9. The van der Waals surface area contributed by atoms with Gasteiger partial charge in [-0.2, -0.15) is 0 Å². The molecule has 23 heteroatoms. The molecule has 1 heterocycles. The van der Waals surface area contributed by atoms with E-state index >= 15 is 0 Å². The lowest BCUT2D eigenvalue weighted by Gasteiger charge is -2.30. The van der Waals surface area contributed by atoms with Crippen molar-refractivity contribution in [2.45, 2.75) is 128 Å². The number of carbonyl (C=O) groups is 8. The van der Waals surface area contributed by atoms with E-state index in [2.05, 4.69) is 31.9 Å². The van der Waals surface area contributed by atoms with Gasteiger partial charge in [0.1, 0.15) is 42.3 Å². The number of carboxylic acid groups (broad SMARTS) is 1. The number of nitrogens with one attached hydrogen (secondary N) is 6. The first-order valence-corrected chi connectivity index (χ1v) is 21.1. The second-order valence-corrected chi connectivity index (χ2v) is 16.1. The van der Waals surface area contributed by atoms with Gasteiger partial charge < -0.3 is 58.3 Å². The number of nitrogen functional groups attached to an aromatic ring is 1. The van der Waals surface area contributed by atoms with E-state index in [1.807, 2.05) is 0 Å². The third-order valence-corrected chi connectivity index (χ3v) is 11.1. The molecule has 356 valence electrons. The second kappa shape index (κ2) is 24.3. The third-order valence-electron chi connectivity index (χ3n) is 11.1. The van der Waals surface area contributed by atoms with Crippen LogP contribution in [0.2, 0.25) is 0 Å². The number of nitro groups is 1. The van der Waals surface area contributed by atoms with Crippen molar-refractivity contribution in [2.75, 3.05) is 12.3 Å². The molecule has 0 bridgehead atoms. The number of rotatable bonds is 24. The number of nitro benzene ring substituents is 1. The Kier molecular flexibility index (Phi) is 19.6. The van der Waals surface area contributed by atoms with Crippen molar-refractivity contribution in [1.82, 2.24) is 36.8 Å². The molecule has 0 spiro atoms. The van der Waals surface area contributed by atoms with E-state index in [1.54, 1.807) is 38.1 Å². The Morgan fingerprint density at radius 2 is 1.51 bits per heavy atom. The molecule has 0 saturated carbocycles. The zero-order valence-corrected chi connectivity index (χ0v) is 36.9. The van der Waals surface area contributed by atoms with E-state index in [1.165, 1.54) is 31.7 Å². The molecule has 0 aliphatic carbocycles. The monoisotopic (exact) mass is 912 g/mol. The Labute approximate surface area is 374 Å². The number of carbonyl (C=O) groups excluding carboxylic acids is 7. The molecule has 1 fully saturated rings. The van der Waals surface area contributed by atoms with Gasteiger partial charge in [-0.25, -0.2) is 0 Å². The average molecular weight is 913 g/mol. The van der Waals surface area contributed by atoms with Gasteiger partial charge >= 0.3 is 11.7 Å². The van der Waals surface area contributed by atoms with E-state index in [0.717, 1.165) is 12.1 Å². The predicted molar refractivity (Wildman–Crippen MR) is 233 cm³/mol. The Morgan fingerprint density at radius 1 is 0.862 bits per heavy atom. The molecule has 0 unspecified atom stereocenters. The summed E-state index contributed by atoms with van der Waals surface area (Å²) < 4.78 is 0. The number of aromatic hydroxyl groups is 1. The Morgan fingerprint density at radius 3 is 2.11 bits per heavy atom. The Hall–Kier alpha value is -6.88. The van der Waals surface area contributed by atoms with Gasteiger partial charge in [0.15, 0.2) is 5.75 Å². The number of hydrogen-bond donors (Lipinski definition) is 11. The SMILES string of the molecule is CC[C@H](C)[C@H](NC(=O)[C@@H](NCc1ccccc1N)[C@@H](C)O)C(=O)N[C@@H](C)C(=O)N[C@@H](C)C(=O)N1CCC[C@H]1C(=O)N[C@@H](Cc1ccc(O)c([N+](=O)[O-])c1)C(=O)N[C@@H](CCC(=O)O)C(N)=O. The topological polar surface area (TPSA) is 368 Å². The van der Waals surface area contributed by atoms with Crippen molar-refractivity contribution in [3.63, 3.8) is 0 Å². The van der Waals surface area contributed by atoms with E-state index < -0.39 is 131 Å². The summed E-state index contributed by atoms with van der Waals surface area (Å²) >= 11 is 0. The number of aliphatic carboxylic acids is 1. The minimum Gasteiger partial charge on any atom is -0.502 e. The first-order chi connectivity index (χ1) is 30.5. The smallest absolute Gasteiger partial charge is 0.310 e. The van der Waals surface area contributed by atoms with Crippen molar-refractivity contribution in [1.29, 1.82) is 0 Å². The van der Waals surface area contributed by atoms with Crippen LogP contribution in [0.15, 0.2) is 42.5 Å². The number of phenols is 1. The molecule has 65 heavy (non-hydrogen) atoms. The van der Waals surface area contributed by atoms with Gasteiger partial charge in [0.2, 0.25) is 41.4 Å². The first kappa shape index (κ1) is 52.5. The molecule has 0 aromatic heterocycles. The molecule has 1 aliphatic rings. The number of amides is 7. The highest BCUT2D eigenvalue weighted by atomic mass is 16.6. The van der Waals surface area contributed by atoms with Crippen LogP contribution < -0.4 is 43.4 Å². The van der Waals surface area contributed by atoms with Gasteiger partial charge in [-0.3, -0.25) is 53.8 Å². The lowest BCUT2D eigenvalue weighted by atomic mass is 9.97. The van der Waals surface area contributed by atoms with E-state index in [9.17, 15) is 58.7 Å². The third kappa shape index (κ3) is 15.1. The van der Waals surface area contributed by atoms with Crippen molar-refractivity contribution < 1.29 is 58.6 Å². The van der Waals surface area contributed by atoms with Crippen LogP contribution in [-0.4, -0.2) is 127 Å². The molecule has 1 saturated heterocycles. The molecule has 1 aliphatic heterocycles. The summed E-state index contributed by atoms with van der Waals surface area (Å²) in [6.45, 7) is 7.90. The van der Waals surface area contributed by atoms with E-state index in [-0.39, 0.29) is 31.5 Å². The fourth-order valence-corrected chi connectivity index (χ4v) is 7.04. The summed E-state index contributed by atoms with van der Waals surface area (Å²) in [6.07, 6.45) is -1.59. The molecule has 9 atom stereocenters. The molecule has 2 aromatic rings. The summed E-state index contributed by atoms with van der Waals surface area (Å²) in [7, 11) is 0. The van der Waals surface area contributed by atoms with Gasteiger partial charge in [-0.1, -0.05) is 44.5 Å². The van der Waals surface area contributed by atoms with Gasteiger partial charge in [0.05, 0.1) is 11.0 Å². The number of aliphatic hydroxyl groups is 1. The lowest BCUT2D eigenvalue weighted by Crippen LogP contribution is -2.60. The Balaban J connectivity index is 1.71. The largest absolute Gasteiger partial charge is 0.502 e. The normalized spacial score (nSPS) is 17.1. The molecule has 23 nitrogen and oxygen atoms in total. The van der Waals surface area contributed by atoms with Crippen LogP contribution in [0.25, 0.3) is 0 Å². The number of carboxylic acids is 1. The summed E-state index contributed by atoms with van der Waals surface area (Å²) in [5.74, 6) is -8.09. The summed E-state index contributed by atoms with van der Waals surface area (Å²) in [6, 6.07) is 1.33. The molecule has 0 radical (unpaired) electrons. The van der Waals surface area contributed by atoms with Crippen LogP contribution in [0.3, 0.4) is 0 Å². The van der Waals surface area contributed by atoms with Crippen molar-refractivity contribution in [2.24, 2.45) is 11.7 Å². The number of para-hydroxylation sites is 1. The molecule has 7 amide bonds. The highest BCUT2D eigenvalue weighted by molar-refractivity contribution is 5.97. The number of benzene rings is 2. The minimum absolute atomic E-state index is 0.0701. The highest BCUT2D eigenvalue weighted by Crippen LogP contribution is 2.27. The van der Waals surface area contributed by atoms with E-state index in [0.29, 0.717) is 24.1 Å². The number of nitrogens with zero attached hydrogens (tertiary/aromatic N) is 2. The standard InChI is InChI=1S/C42H60N10O13/c1-6-21(2)34(50-41(62)35(24(5)53)45-20-26-10-7-8-11-27(26)43)40(61)46-22(3)37(58)47-23(4)42(63)51-17-9-12-30(51)39(60)49-29(18-25-13-15-32(54)31(19-25)52(64)65)38(59)48-28(36(44)57)14-16-33(55)56/h7-8,10-11,13,15,19,21-24,28-30,34-35,45,53-54H,6,9,12,14,16-18,20,43H2,1-5H3,(H2,44,57)(H,46,61)(H,47,58)(H,48,59)(H,49,60)(H,50,62)(H,55,56)/t21-,22-,23-,24+,28-,29-,30-,34-,35-/m0/s1. The summed E-state index contributed by atoms with van der Waals surface area (Å²) in [5, 5.41) is 56.5. The van der Waals surface area contributed by atoms with E-state index in [4.69, 9.17) is 16.6 Å². The maximum absolute atomic E-state index is 13.8. The molecule has 13 N–H and O–H groups in total. The van der Waals surface area contributed by atoms with Crippen LogP contribution in [-0.2, 0) is 51.3 Å². The van der Waals surface area contributed by atoms with Crippen LogP contribution in [0.4, 0.5) is 11.4 Å². The summed E-state index contributed by atoms with van der Waals surface area (Å²) in [4.78, 5) is 117. The molecule has 3 rings (SSSR count). The van der Waals surface area contributed by atoms with Crippen LogP contribution >= 0.6 is 0 Å². The number of hydrogen-bond acceptors (Lipinski definition) is 14. The zero-order chi connectivity index (χ0) is 48.7. The number of aliphatic hydroxyl groups excluding tert-OH is 1. The van der Waals surface area contributed by atoms with Crippen molar-refractivity contribution in [3.8, 4) is 5.75 Å². The van der Waals surface area contributed by atoms with Gasteiger partial charge in [0.25, 0.3) is 0 Å². The van der Waals surface area contributed by atoms with Gasteiger partial charge in [-0.05, 0) is 69.2 Å². The number of phenolic OH excluding ortho intramolecular Hbond substituents is 1. The van der Waals surface area contributed by atoms with Crippen molar-refractivity contribution in [3.05, 3.63) is 63.7 Å². The first-order valence-electron chi connectivity index (χ1n) is 21.1. The minimum atomic E-state index is -1.55. The van der Waals surface area contributed by atoms with Crippen molar-refractivity contribution >= 4 is 58.7 Å². The fraction of sp³-hybridized carbons (Fsp3) is 0.524. The maximum atomic E-state index is 13.8. The Bertz CT molecular complexity index is 2090. The van der Waals surface area contributed by atoms with Crippen LogP contribution in [0.1, 0.15) is 77.8 Å². The second-order valence-electron chi connectivity index (χ2n) is 16.1. The average Bonchev–Trinajstić information content (AvgIpc) is 3.74. The number of nitrogens with two attached hydrogens (primary N) is 2. The quantitative estimate of drug-likeness (QED) is 0.0335. The number of anilines is 1. The predicted octanol–water partition coefficient (Wildman–Crippen LogP) is -1.18. The highest BCUT2D eigenvalue weighted by Gasteiger charge is 2.39. The van der Waals surface area contributed by atoms with Gasteiger partial charge in [-0.15, -0.1) is 0 Å². The summed E-state index contributed by atoms with van der Waals surface area (Å²) in [5.41, 5.74) is 12.0. The molecular formula is C42H60N10O13. The van der Waals surface area contributed by atoms with Crippen LogP contribution in [0, 0.1) is 16.0 Å². The van der Waals surface area contributed by atoms with Gasteiger partial charge in [0, 0.05) is 37.7 Å². The number of likely N-dealkylation sites (tertiary alicyclic amines) is 1. The molecule has 2 aromatic carbocycles. The van der Waals surface area contributed by atoms with Crippen LogP contribution in [0.5, 0.6) is 5.75 Å². The molecular weight excluding hydrogens is 853 g/mol. The number of primary amides is 1.